The van der Waals surface area contributed by atoms with Gasteiger partial charge in [0, 0.05) is 29.4 Å². The summed E-state index contributed by atoms with van der Waals surface area (Å²) in [5.41, 5.74) is 5.11. The summed E-state index contributed by atoms with van der Waals surface area (Å²) in [7, 11) is 0. The molecule has 0 radical (unpaired) electrons. The lowest BCUT2D eigenvalue weighted by molar-refractivity contribution is 0.00617. The fourth-order valence-corrected chi connectivity index (χ4v) is 3.84. The molecule has 5 N–H and O–H groups in total. The average molecular weight is 305 g/mol. The van der Waals surface area contributed by atoms with Crippen molar-refractivity contribution in [2.45, 2.75) is 23.7 Å². The van der Waals surface area contributed by atoms with E-state index in [0.29, 0.717) is 29.6 Å². The standard InChI is InChI=1S/C14H15N3O5/c15-13(20)22-5-7-11-9(1-6(4-18)2-10(11)19)17-3-8-12(16-8)14(7,17)21/h1-2,4,7-8,12,16,19,21H,3,5H2,(H2,15,20)/t7-,8-,12-,14?/m0/s1. The first-order valence-electron chi connectivity index (χ1n) is 6.97. The highest BCUT2D eigenvalue weighted by Crippen LogP contribution is 2.57. The zero-order valence-corrected chi connectivity index (χ0v) is 11.5. The van der Waals surface area contributed by atoms with Crippen LogP contribution >= 0.6 is 0 Å². The Labute approximate surface area is 125 Å². The Hall–Kier alpha value is -2.32. The molecule has 8 nitrogen and oxygen atoms in total. The number of carbonyl (C=O) groups excluding carboxylic acids is 2. The first-order valence-corrected chi connectivity index (χ1v) is 6.97. The summed E-state index contributed by atoms with van der Waals surface area (Å²) in [5.74, 6) is -0.738. The third kappa shape index (κ3) is 1.53. The molecule has 22 heavy (non-hydrogen) atoms. The van der Waals surface area contributed by atoms with Gasteiger partial charge in [0.2, 0.25) is 0 Å². The molecule has 3 heterocycles. The van der Waals surface area contributed by atoms with Crippen LogP contribution < -0.4 is 16.0 Å². The molecule has 3 aliphatic rings. The van der Waals surface area contributed by atoms with Gasteiger partial charge in [-0.05, 0) is 12.1 Å². The van der Waals surface area contributed by atoms with Crippen LogP contribution in [0.3, 0.4) is 0 Å². The summed E-state index contributed by atoms with van der Waals surface area (Å²) in [5, 5.41) is 24.6. The fraction of sp³-hybridized carbons (Fsp3) is 0.429. The van der Waals surface area contributed by atoms with Gasteiger partial charge in [0.15, 0.2) is 5.72 Å². The van der Waals surface area contributed by atoms with Gasteiger partial charge in [0.1, 0.15) is 18.6 Å². The van der Waals surface area contributed by atoms with Crippen molar-refractivity contribution in [2.24, 2.45) is 5.73 Å². The Balaban J connectivity index is 1.83. The van der Waals surface area contributed by atoms with Crippen molar-refractivity contribution < 1.29 is 24.5 Å². The molecule has 0 spiro atoms. The maximum atomic E-state index is 11.2. The van der Waals surface area contributed by atoms with E-state index in [2.05, 4.69) is 5.32 Å². The summed E-state index contributed by atoms with van der Waals surface area (Å²) in [6.07, 6.45) is -0.299. The number of hydrogen-bond donors (Lipinski definition) is 4. The Bertz CT molecular complexity index is 693. The molecule has 4 rings (SSSR count). The first kappa shape index (κ1) is 13.4. The number of aromatic hydroxyl groups is 1. The number of nitrogens with one attached hydrogen (secondary N) is 1. The van der Waals surface area contributed by atoms with Crippen LogP contribution in [0.4, 0.5) is 10.5 Å². The molecule has 116 valence electrons. The van der Waals surface area contributed by atoms with Gasteiger partial charge >= 0.3 is 6.09 Å². The van der Waals surface area contributed by atoms with Crippen molar-refractivity contribution in [1.82, 2.24) is 5.32 Å². The molecule has 0 aliphatic carbocycles. The van der Waals surface area contributed by atoms with E-state index in [1.807, 2.05) is 0 Å². The number of phenolic OH excluding ortho intramolecular Hbond substituents is 1. The quantitative estimate of drug-likeness (QED) is 0.426. The van der Waals surface area contributed by atoms with E-state index >= 15 is 0 Å². The van der Waals surface area contributed by atoms with E-state index in [1.54, 1.807) is 11.0 Å². The number of anilines is 1. The smallest absolute Gasteiger partial charge is 0.404 e. The second-order valence-electron chi connectivity index (χ2n) is 5.92. The van der Waals surface area contributed by atoms with Crippen LogP contribution in [-0.2, 0) is 4.74 Å². The van der Waals surface area contributed by atoms with Crippen molar-refractivity contribution in [3.63, 3.8) is 0 Å². The van der Waals surface area contributed by atoms with Crippen LogP contribution in [0.25, 0.3) is 0 Å². The zero-order chi connectivity index (χ0) is 15.6. The van der Waals surface area contributed by atoms with Crippen LogP contribution in [0, 0.1) is 0 Å². The average Bonchev–Trinajstić information content (AvgIpc) is 3.13. The molecule has 3 aliphatic heterocycles. The third-order valence-corrected chi connectivity index (χ3v) is 4.80. The molecule has 0 saturated carbocycles. The van der Waals surface area contributed by atoms with Crippen molar-refractivity contribution in [1.29, 1.82) is 0 Å². The number of aldehydes is 1. The van der Waals surface area contributed by atoms with E-state index < -0.39 is 17.7 Å². The van der Waals surface area contributed by atoms with Gasteiger partial charge in [-0.2, -0.15) is 0 Å². The van der Waals surface area contributed by atoms with Gasteiger partial charge in [0.05, 0.1) is 12.0 Å². The van der Waals surface area contributed by atoms with E-state index in [1.165, 1.54) is 6.07 Å². The molecule has 1 amide bonds. The monoisotopic (exact) mass is 305 g/mol. The van der Waals surface area contributed by atoms with Crippen molar-refractivity contribution >= 4 is 18.1 Å². The van der Waals surface area contributed by atoms with E-state index in [9.17, 15) is 19.8 Å². The van der Waals surface area contributed by atoms with E-state index in [0.717, 1.165) is 0 Å². The van der Waals surface area contributed by atoms with Gasteiger partial charge in [-0.25, -0.2) is 4.79 Å². The Morgan fingerprint density at radius 3 is 3.05 bits per heavy atom. The first-order chi connectivity index (χ1) is 10.5. The SMILES string of the molecule is NC(=O)OC[C@H]1c2c(O)cc(C=O)cc2N2C[C@@H]3N[C@@H]3C12O. The topological polar surface area (TPSA) is 135 Å². The number of piperazine rings is 1. The molecule has 8 heteroatoms. The summed E-state index contributed by atoms with van der Waals surface area (Å²) in [6.45, 7) is 0.414. The second kappa shape index (κ2) is 4.11. The lowest BCUT2D eigenvalue weighted by Crippen LogP contribution is -2.52. The minimum atomic E-state index is -1.30. The molecule has 0 bridgehead atoms. The maximum absolute atomic E-state index is 11.2. The lowest BCUT2D eigenvalue weighted by Gasteiger charge is -2.35. The largest absolute Gasteiger partial charge is 0.508 e. The highest BCUT2D eigenvalue weighted by molar-refractivity contribution is 5.83. The minimum absolute atomic E-state index is 0.0994. The van der Waals surface area contributed by atoms with Gasteiger partial charge < -0.3 is 30.9 Å². The molecule has 4 atom stereocenters. The summed E-state index contributed by atoms with van der Waals surface area (Å²) >= 11 is 0. The van der Waals surface area contributed by atoms with Crippen molar-refractivity contribution in [2.75, 3.05) is 18.1 Å². The second-order valence-corrected chi connectivity index (χ2v) is 5.92. The summed E-state index contributed by atoms with van der Waals surface area (Å²) in [6, 6.07) is 2.95. The van der Waals surface area contributed by atoms with Gasteiger partial charge in [-0.15, -0.1) is 0 Å². The van der Waals surface area contributed by atoms with Crippen LogP contribution in [-0.4, -0.2) is 53.6 Å². The zero-order valence-electron chi connectivity index (χ0n) is 11.5. The lowest BCUT2D eigenvalue weighted by atomic mass is 9.89. The summed E-state index contributed by atoms with van der Waals surface area (Å²) < 4.78 is 4.88. The Morgan fingerprint density at radius 2 is 2.36 bits per heavy atom. The fourth-order valence-electron chi connectivity index (χ4n) is 3.84. The van der Waals surface area contributed by atoms with Crippen molar-refractivity contribution in [3.8, 4) is 5.75 Å². The van der Waals surface area contributed by atoms with Crippen LogP contribution in [0.1, 0.15) is 21.8 Å². The molecule has 2 fully saturated rings. The van der Waals surface area contributed by atoms with E-state index in [-0.39, 0.29) is 24.4 Å². The number of primary amides is 1. The predicted octanol–water partition coefficient (Wildman–Crippen LogP) is -0.754. The van der Waals surface area contributed by atoms with Crippen LogP contribution in [0.2, 0.25) is 0 Å². The number of nitrogens with two attached hydrogens (primary N) is 1. The Kier molecular flexibility index (Phi) is 2.50. The third-order valence-electron chi connectivity index (χ3n) is 4.80. The highest BCUT2D eigenvalue weighted by Gasteiger charge is 2.69. The number of amides is 1. The molecule has 1 unspecified atom stereocenters. The molecular formula is C14H15N3O5. The molecule has 1 aromatic rings. The van der Waals surface area contributed by atoms with Gasteiger partial charge in [0.25, 0.3) is 0 Å². The van der Waals surface area contributed by atoms with Crippen LogP contribution in [0.5, 0.6) is 5.75 Å². The number of aliphatic hydroxyl groups is 1. The predicted molar refractivity (Wildman–Crippen MR) is 74.8 cm³/mol. The number of benzene rings is 1. The number of fused-ring (bicyclic) bond motifs is 5. The van der Waals surface area contributed by atoms with Gasteiger partial charge in [-0.3, -0.25) is 4.79 Å². The molecular weight excluding hydrogens is 290 g/mol. The number of hydrogen-bond acceptors (Lipinski definition) is 7. The van der Waals surface area contributed by atoms with Gasteiger partial charge in [-0.1, -0.05) is 0 Å². The minimum Gasteiger partial charge on any atom is -0.508 e. The highest BCUT2D eigenvalue weighted by atomic mass is 16.5. The number of ether oxygens (including phenoxy) is 1. The number of nitrogens with zero attached hydrogens (tertiary/aromatic N) is 1. The molecule has 0 aromatic heterocycles. The number of phenols is 1. The van der Waals surface area contributed by atoms with E-state index in [4.69, 9.17) is 10.5 Å². The normalized spacial score (nSPS) is 33.9. The molecule has 1 aromatic carbocycles. The maximum Gasteiger partial charge on any atom is 0.404 e. The van der Waals surface area contributed by atoms with Crippen molar-refractivity contribution in [3.05, 3.63) is 23.3 Å². The number of carbonyl (C=O) groups is 2. The Morgan fingerprint density at radius 1 is 1.59 bits per heavy atom. The van der Waals surface area contributed by atoms with Crippen LogP contribution in [0.15, 0.2) is 12.1 Å². The molecule has 2 saturated heterocycles. The number of rotatable bonds is 3. The summed E-state index contributed by atoms with van der Waals surface area (Å²) in [4.78, 5) is 23.7.